The number of sulfonamides is 1. The lowest BCUT2D eigenvalue weighted by Gasteiger charge is -2.19. The van der Waals surface area contributed by atoms with E-state index in [4.69, 9.17) is 16.3 Å². The summed E-state index contributed by atoms with van der Waals surface area (Å²) in [4.78, 5) is -0.420. The number of hydrogen-bond donors (Lipinski definition) is 2. The summed E-state index contributed by atoms with van der Waals surface area (Å²) in [5.41, 5.74) is 1.40. The van der Waals surface area contributed by atoms with E-state index in [9.17, 15) is 21.9 Å². The van der Waals surface area contributed by atoms with Gasteiger partial charge in [0.1, 0.15) is 16.4 Å². The molecule has 8 nitrogen and oxygen atoms in total. The molecule has 0 fully saturated rings. The van der Waals surface area contributed by atoms with Crippen molar-refractivity contribution in [3.63, 3.8) is 0 Å². The summed E-state index contributed by atoms with van der Waals surface area (Å²) in [7, 11) is -6.87. The van der Waals surface area contributed by atoms with Crippen LogP contribution in [0.1, 0.15) is 16.7 Å². The number of halogens is 1. The topological polar surface area (TPSA) is 122 Å². The van der Waals surface area contributed by atoms with E-state index in [0.29, 0.717) is 21.9 Å². The second kappa shape index (κ2) is 11.1. The molecule has 0 radical (unpaired) electrons. The number of aryl methyl sites for hydroxylation is 1. The molecule has 39 heavy (non-hydrogen) atoms. The second-order valence-electron chi connectivity index (χ2n) is 8.58. The number of anilines is 1. The summed E-state index contributed by atoms with van der Waals surface area (Å²) in [6.45, 7) is 3.19. The van der Waals surface area contributed by atoms with E-state index in [1.54, 1.807) is 37.3 Å². The van der Waals surface area contributed by atoms with Crippen molar-refractivity contribution in [3.05, 3.63) is 107 Å². The van der Waals surface area contributed by atoms with E-state index in [0.717, 1.165) is 0 Å². The van der Waals surface area contributed by atoms with Crippen molar-refractivity contribution in [2.45, 2.75) is 28.5 Å². The van der Waals surface area contributed by atoms with Crippen LogP contribution in [-0.4, -0.2) is 34.9 Å². The van der Waals surface area contributed by atoms with Crippen molar-refractivity contribution < 1.29 is 26.7 Å². The Labute approximate surface area is 232 Å². The first-order valence-corrected chi connectivity index (χ1v) is 14.9. The first-order valence-electron chi connectivity index (χ1n) is 11.6. The fraction of sp³-hybridized carbons (Fsp3) is 0.107. The van der Waals surface area contributed by atoms with Gasteiger partial charge in [0, 0.05) is 16.3 Å². The molecule has 0 bridgehead atoms. The third-order valence-electron chi connectivity index (χ3n) is 5.95. The van der Waals surface area contributed by atoms with Crippen molar-refractivity contribution in [2.24, 2.45) is 4.40 Å². The van der Waals surface area contributed by atoms with Gasteiger partial charge in [-0.1, -0.05) is 41.9 Å². The van der Waals surface area contributed by atoms with E-state index in [-0.39, 0.29) is 31.8 Å². The monoisotopic (exact) mass is 584 g/mol. The Hall–Kier alpha value is -3.86. The molecule has 0 atom stereocenters. The highest BCUT2D eigenvalue weighted by Gasteiger charge is 2.27. The fourth-order valence-electron chi connectivity index (χ4n) is 3.99. The molecule has 0 saturated heterocycles. The first kappa shape index (κ1) is 28.2. The Bertz CT molecular complexity index is 1750. The highest BCUT2D eigenvalue weighted by Crippen LogP contribution is 2.38. The largest absolute Gasteiger partial charge is 0.507 e. The van der Waals surface area contributed by atoms with Crippen molar-refractivity contribution in [1.29, 1.82) is 0 Å². The number of benzene rings is 4. The minimum Gasteiger partial charge on any atom is -0.507 e. The van der Waals surface area contributed by atoms with E-state index in [1.807, 2.05) is 0 Å². The number of hydrogen-bond acceptors (Lipinski definition) is 6. The second-order valence-corrected chi connectivity index (χ2v) is 12.5. The average molecular weight is 585 g/mol. The van der Waals surface area contributed by atoms with Crippen LogP contribution >= 0.6 is 11.6 Å². The van der Waals surface area contributed by atoms with Crippen LogP contribution in [0.25, 0.3) is 0 Å². The Morgan fingerprint density at radius 1 is 0.872 bits per heavy atom. The maximum absolute atomic E-state index is 13.6. The quantitative estimate of drug-likeness (QED) is 0.161. The number of rotatable bonds is 7. The number of methoxy groups -OCH3 is 1. The van der Waals surface area contributed by atoms with E-state index in [2.05, 4.69) is 9.71 Å². The van der Waals surface area contributed by atoms with Crippen molar-refractivity contribution in [2.75, 3.05) is 12.4 Å². The molecule has 0 heterocycles. The molecular weight excluding hydrogens is 560 g/mol. The normalized spacial score (nSPS) is 12.3. The zero-order valence-corrected chi connectivity index (χ0v) is 23.6. The SMILES string of the molecule is COc1ccc(S(=O)(=O)c2c(O)cc(C)c(NC(=NS(=O)(=O)c3ccc(Cl)cc3)c3ccccc3)c2C)cc1. The van der Waals surface area contributed by atoms with Gasteiger partial charge in [-0.2, -0.15) is 8.42 Å². The molecule has 0 aliphatic heterocycles. The average Bonchev–Trinajstić information content (AvgIpc) is 2.90. The zero-order valence-electron chi connectivity index (χ0n) is 21.2. The molecule has 0 saturated carbocycles. The van der Waals surface area contributed by atoms with Gasteiger partial charge in [0.05, 0.1) is 16.9 Å². The van der Waals surface area contributed by atoms with Gasteiger partial charge in [0.15, 0.2) is 5.84 Å². The van der Waals surface area contributed by atoms with E-state index in [1.165, 1.54) is 68.6 Å². The minimum atomic E-state index is -4.18. The third kappa shape index (κ3) is 5.93. The van der Waals surface area contributed by atoms with Crippen LogP contribution in [-0.2, 0) is 19.9 Å². The van der Waals surface area contributed by atoms with Crippen molar-refractivity contribution >= 4 is 43.0 Å². The number of ether oxygens (including phenoxy) is 1. The summed E-state index contributed by atoms with van der Waals surface area (Å²) < 4.78 is 62.7. The van der Waals surface area contributed by atoms with Crippen LogP contribution < -0.4 is 10.1 Å². The number of aromatic hydroxyl groups is 1. The van der Waals surface area contributed by atoms with Gasteiger partial charge < -0.3 is 15.2 Å². The molecule has 0 spiro atoms. The molecule has 4 aromatic rings. The highest BCUT2D eigenvalue weighted by molar-refractivity contribution is 7.91. The number of sulfone groups is 1. The molecular formula is C28H25ClN2O6S2. The first-order chi connectivity index (χ1) is 18.4. The Balaban J connectivity index is 1.86. The number of phenolic OH excluding ortho intramolecular Hbond substituents is 1. The summed E-state index contributed by atoms with van der Waals surface area (Å²) in [6, 6.07) is 21.2. The van der Waals surface area contributed by atoms with Crippen molar-refractivity contribution in [3.8, 4) is 11.5 Å². The van der Waals surface area contributed by atoms with Crippen LogP contribution in [0.15, 0.2) is 104 Å². The van der Waals surface area contributed by atoms with Crippen LogP contribution in [0.2, 0.25) is 5.02 Å². The van der Waals surface area contributed by atoms with E-state index >= 15 is 0 Å². The maximum atomic E-state index is 13.6. The number of nitrogens with zero attached hydrogens (tertiary/aromatic N) is 1. The minimum absolute atomic E-state index is 0.0322. The lowest BCUT2D eigenvalue weighted by Crippen LogP contribution is -2.19. The Morgan fingerprint density at radius 3 is 2.05 bits per heavy atom. The van der Waals surface area contributed by atoms with Crippen LogP contribution in [0, 0.1) is 13.8 Å². The smallest absolute Gasteiger partial charge is 0.284 e. The molecule has 0 aliphatic carbocycles. The third-order valence-corrected chi connectivity index (χ3v) is 9.44. The molecule has 202 valence electrons. The molecule has 2 N–H and O–H groups in total. The zero-order chi connectivity index (χ0) is 28.4. The fourth-order valence-corrected chi connectivity index (χ4v) is 6.66. The predicted octanol–water partition coefficient (Wildman–Crippen LogP) is 5.75. The van der Waals surface area contributed by atoms with Crippen LogP contribution in [0.3, 0.4) is 0 Å². The molecule has 0 unspecified atom stereocenters. The molecule has 0 aliphatic rings. The summed E-state index contributed by atoms with van der Waals surface area (Å²) in [5, 5.41) is 14.1. The molecule has 0 aromatic heterocycles. The standard InChI is InChI=1S/C28H25ClN2O6S2/c1-18-17-25(32)27(38(33,34)23-15-11-22(37-3)12-16-23)19(2)26(18)30-28(20-7-5-4-6-8-20)31-39(35,36)24-13-9-21(29)10-14-24/h4-17,32H,1-3H3,(H,30,31). The summed E-state index contributed by atoms with van der Waals surface area (Å²) in [5.74, 6) is 0.0142. The lowest BCUT2D eigenvalue weighted by molar-refractivity contribution is 0.414. The molecule has 4 aromatic carbocycles. The molecule has 11 heteroatoms. The van der Waals surface area contributed by atoms with Crippen LogP contribution in [0.4, 0.5) is 5.69 Å². The summed E-state index contributed by atoms with van der Waals surface area (Å²) in [6.07, 6.45) is 0. The van der Waals surface area contributed by atoms with Crippen molar-refractivity contribution in [1.82, 2.24) is 0 Å². The van der Waals surface area contributed by atoms with Gasteiger partial charge in [-0.25, -0.2) is 8.42 Å². The van der Waals surface area contributed by atoms with Gasteiger partial charge in [0.2, 0.25) is 9.84 Å². The number of amidine groups is 1. The molecule has 4 rings (SSSR count). The van der Waals surface area contributed by atoms with Gasteiger partial charge in [-0.05, 0) is 79.6 Å². The van der Waals surface area contributed by atoms with Gasteiger partial charge in [-0.3, -0.25) is 0 Å². The lowest BCUT2D eigenvalue weighted by atomic mass is 10.1. The van der Waals surface area contributed by atoms with Gasteiger partial charge in [-0.15, -0.1) is 4.40 Å². The highest BCUT2D eigenvalue weighted by atomic mass is 35.5. The van der Waals surface area contributed by atoms with Gasteiger partial charge in [0.25, 0.3) is 10.0 Å². The summed E-state index contributed by atoms with van der Waals surface area (Å²) >= 11 is 5.91. The Kier molecular flexibility index (Phi) is 8.01. The molecule has 0 amide bonds. The number of nitrogens with one attached hydrogen (secondary N) is 1. The predicted molar refractivity (Wildman–Crippen MR) is 151 cm³/mol. The van der Waals surface area contributed by atoms with Crippen LogP contribution in [0.5, 0.6) is 11.5 Å². The Morgan fingerprint density at radius 2 is 1.46 bits per heavy atom. The number of phenols is 1. The van der Waals surface area contributed by atoms with Gasteiger partial charge >= 0.3 is 0 Å². The van der Waals surface area contributed by atoms with E-state index < -0.39 is 25.6 Å². The maximum Gasteiger partial charge on any atom is 0.284 e.